The lowest BCUT2D eigenvalue weighted by Crippen LogP contribution is -2.36. The van der Waals surface area contributed by atoms with Crippen LogP contribution in [0.15, 0.2) is 18.2 Å². The highest BCUT2D eigenvalue weighted by molar-refractivity contribution is 5.54. The van der Waals surface area contributed by atoms with Crippen LogP contribution in [0.5, 0.6) is 5.75 Å². The summed E-state index contributed by atoms with van der Waals surface area (Å²) in [6.45, 7) is 5.71. The summed E-state index contributed by atoms with van der Waals surface area (Å²) in [6, 6.07) is 5.56. The molecule has 0 unspecified atom stereocenters. The molecule has 19 heavy (non-hydrogen) atoms. The molecule has 1 heterocycles. The van der Waals surface area contributed by atoms with E-state index >= 15 is 0 Å². The molecule has 2 rings (SSSR count). The van der Waals surface area contributed by atoms with Crippen molar-refractivity contribution in [2.75, 3.05) is 44.4 Å². The fourth-order valence-corrected chi connectivity index (χ4v) is 2.23. The number of aliphatic hydroxyl groups is 1. The van der Waals surface area contributed by atoms with E-state index in [1.807, 2.05) is 25.1 Å². The summed E-state index contributed by atoms with van der Waals surface area (Å²) in [7, 11) is 0. The molecule has 3 N–H and O–H groups in total. The SMILES string of the molecule is CCOc1cc(N2CCOCC2)ccc1[C@@H](N)CO. The van der Waals surface area contributed by atoms with Gasteiger partial charge >= 0.3 is 0 Å². The van der Waals surface area contributed by atoms with E-state index in [9.17, 15) is 5.11 Å². The predicted molar refractivity (Wildman–Crippen MR) is 74.7 cm³/mol. The molecule has 0 bridgehead atoms. The minimum absolute atomic E-state index is 0.0863. The van der Waals surface area contributed by atoms with E-state index < -0.39 is 6.04 Å². The third-order valence-electron chi connectivity index (χ3n) is 3.27. The molecule has 1 fully saturated rings. The second-order valence-corrected chi connectivity index (χ2v) is 4.54. The average Bonchev–Trinajstić information content (AvgIpc) is 2.47. The number of anilines is 1. The van der Waals surface area contributed by atoms with Crippen molar-refractivity contribution in [2.24, 2.45) is 5.73 Å². The van der Waals surface area contributed by atoms with Crippen LogP contribution in [0.2, 0.25) is 0 Å². The van der Waals surface area contributed by atoms with Gasteiger partial charge < -0.3 is 25.2 Å². The van der Waals surface area contributed by atoms with Gasteiger partial charge in [0.15, 0.2) is 0 Å². The standard InChI is InChI=1S/C14H22N2O3/c1-2-19-14-9-11(16-5-7-18-8-6-16)3-4-12(14)13(15)10-17/h3-4,9,13,17H,2,5-8,10,15H2,1H3/t13-/m0/s1. The molecule has 0 aromatic heterocycles. The Morgan fingerprint density at radius 1 is 1.42 bits per heavy atom. The van der Waals surface area contributed by atoms with E-state index in [2.05, 4.69) is 4.90 Å². The lowest BCUT2D eigenvalue weighted by Gasteiger charge is -2.29. The number of morpholine rings is 1. The summed E-state index contributed by atoms with van der Waals surface area (Å²) in [6.07, 6.45) is 0. The number of benzene rings is 1. The molecule has 1 aromatic carbocycles. The van der Waals surface area contributed by atoms with Gasteiger partial charge in [-0.3, -0.25) is 0 Å². The van der Waals surface area contributed by atoms with Gasteiger partial charge in [0.1, 0.15) is 5.75 Å². The molecule has 5 heteroatoms. The molecular weight excluding hydrogens is 244 g/mol. The Bertz CT molecular complexity index is 406. The van der Waals surface area contributed by atoms with E-state index in [1.54, 1.807) is 0 Å². The summed E-state index contributed by atoms with van der Waals surface area (Å²) >= 11 is 0. The van der Waals surface area contributed by atoms with E-state index in [1.165, 1.54) is 0 Å². The zero-order valence-electron chi connectivity index (χ0n) is 11.3. The van der Waals surface area contributed by atoms with Gasteiger partial charge in [-0.1, -0.05) is 6.07 Å². The summed E-state index contributed by atoms with van der Waals surface area (Å²) in [5, 5.41) is 9.19. The molecule has 5 nitrogen and oxygen atoms in total. The minimum atomic E-state index is -0.403. The van der Waals surface area contributed by atoms with Gasteiger partial charge in [-0.25, -0.2) is 0 Å². The van der Waals surface area contributed by atoms with Crippen LogP contribution in [0.25, 0.3) is 0 Å². The number of hydrogen-bond donors (Lipinski definition) is 2. The Morgan fingerprint density at radius 2 is 2.16 bits per heavy atom. The van der Waals surface area contributed by atoms with Crippen LogP contribution >= 0.6 is 0 Å². The van der Waals surface area contributed by atoms with E-state index in [-0.39, 0.29) is 6.61 Å². The second-order valence-electron chi connectivity index (χ2n) is 4.54. The van der Waals surface area contributed by atoms with Crippen LogP contribution in [0.3, 0.4) is 0 Å². The number of ether oxygens (including phenoxy) is 2. The fourth-order valence-electron chi connectivity index (χ4n) is 2.23. The number of nitrogens with zero attached hydrogens (tertiary/aromatic N) is 1. The molecule has 0 aliphatic carbocycles. The molecule has 1 aliphatic rings. The van der Waals surface area contributed by atoms with E-state index in [4.69, 9.17) is 15.2 Å². The first-order valence-corrected chi connectivity index (χ1v) is 6.72. The highest BCUT2D eigenvalue weighted by Crippen LogP contribution is 2.29. The zero-order valence-corrected chi connectivity index (χ0v) is 11.3. The molecule has 1 aliphatic heterocycles. The summed E-state index contributed by atoms with van der Waals surface area (Å²) in [5.41, 5.74) is 7.85. The largest absolute Gasteiger partial charge is 0.493 e. The normalized spacial score (nSPS) is 17.3. The van der Waals surface area contributed by atoms with Crippen molar-refractivity contribution in [3.63, 3.8) is 0 Å². The molecule has 1 atom stereocenters. The van der Waals surface area contributed by atoms with Crippen molar-refractivity contribution in [2.45, 2.75) is 13.0 Å². The number of aliphatic hydroxyl groups excluding tert-OH is 1. The van der Waals surface area contributed by atoms with Crippen LogP contribution in [0.4, 0.5) is 5.69 Å². The molecule has 1 saturated heterocycles. The lowest BCUT2D eigenvalue weighted by atomic mass is 10.1. The first-order valence-electron chi connectivity index (χ1n) is 6.72. The molecular formula is C14H22N2O3. The Morgan fingerprint density at radius 3 is 2.79 bits per heavy atom. The van der Waals surface area contributed by atoms with Crippen molar-refractivity contribution in [1.29, 1.82) is 0 Å². The average molecular weight is 266 g/mol. The van der Waals surface area contributed by atoms with E-state index in [0.717, 1.165) is 43.3 Å². The predicted octanol–water partition coefficient (Wildman–Crippen LogP) is 0.914. The summed E-state index contributed by atoms with van der Waals surface area (Å²) in [5.74, 6) is 0.757. The van der Waals surface area contributed by atoms with Crippen molar-refractivity contribution < 1.29 is 14.6 Å². The van der Waals surface area contributed by atoms with Gasteiger partial charge in [-0.05, 0) is 13.0 Å². The van der Waals surface area contributed by atoms with Crippen molar-refractivity contribution >= 4 is 5.69 Å². The Balaban J connectivity index is 2.24. The summed E-state index contributed by atoms with van der Waals surface area (Å²) < 4.78 is 11.0. The Kier molecular flexibility index (Phi) is 5.01. The topological polar surface area (TPSA) is 68.0 Å². The van der Waals surface area contributed by atoms with Gasteiger partial charge in [-0.2, -0.15) is 0 Å². The Labute approximate surface area is 113 Å². The van der Waals surface area contributed by atoms with Crippen LogP contribution in [-0.2, 0) is 4.74 Å². The quantitative estimate of drug-likeness (QED) is 0.829. The first-order chi connectivity index (χ1) is 9.26. The third-order valence-corrected chi connectivity index (χ3v) is 3.27. The number of hydrogen-bond acceptors (Lipinski definition) is 5. The molecule has 1 aromatic rings. The van der Waals surface area contributed by atoms with Gasteiger partial charge in [0.2, 0.25) is 0 Å². The zero-order chi connectivity index (χ0) is 13.7. The van der Waals surface area contributed by atoms with Gasteiger partial charge in [-0.15, -0.1) is 0 Å². The number of nitrogens with two attached hydrogens (primary N) is 1. The smallest absolute Gasteiger partial charge is 0.126 e. The molecule has 0 spiro atoms. The van der Waals surface area contributed by atoms with Crippen LogP contribution < -0.4 is 15.4 Å². The van der Waals surface area contributed by atoms with Crippen LogP contribution in [-0.4, -0.2) is 44.6 Å². The molecule has 0 saturated carbocycles. The van der Waals surface area contributed by atoms with Gasteiger partial charge in [0, 0.05) is 30.4 Å². The van der Waals surface area contributed by atoms with Crippen LogP contribution in [0, 0.1) is 0 Å². The lowest BCUT2D eigenvalue weighted by molar-refractivity contribution is 0.122. The monoisotopic (exact) mass is 266 g/mol. The highest BCUT2D eigenvalue weighted by atomic mass is 16.5. The maximum atomic E-state index is 9.19. The highest BCUT2D eigenvalue weighted by Gasteiger charge is 2.16. The molecule has 0 radical (unpaired) electrons. The maximum Gasteiger partial charge on any atom is 0.126 e. The molecule has 106 valence electrons. The van der Waals surface area contributed by atoms with Gasteiger partial charge in [0.05, 0.1) is 32.5 Å². The van der Waals surface area contributed by atoms with Crippen molar-refractivity contribution in [3.05, 3.63) is 23.8 Å². The third kappa shape index (κ3) is 3.37. The van der Waals surface area contributed by atoms with Crippen molar-refractivity contribution in [3.8, 4) is 5.75 Å². The number of rotatable bonds is 5. The Hall–Kier alpha value is -1.30. The molecule has 0 amide bonds. The van der Waals surface area contributed by atoms with Crippen molar-refractivity contribution in [1.82, 2.24) is 0 Å². The first kappa shape index (κ1) is 14.1. The summed E-state index contributed by atoms with van der Waals surface area (Å²) in [4.78, 5) is 2.26. The van der Waals surface area contributed by atoms with Gasteiger partial charge in [0.25, 0.3) is 0 Å². The van der Waals surface area contributed by atoms with E-state index in [0.29, 0.717) is 6.61 Å². The minimum Gasteiger partial charge on any atom is -0.493 e. The fraction of sp³-hybridized carbons (Fsp3) is 0.571. The van der Waals surface area contributed by atoms with Crippen LogP contribution in [0.1, 0.15) is 18.5 Å². The maximum absolute atomic E-state index is 9.19. The second kappa shape index (κ2) is 6.75.